The number of hydrogen-bond donors (Lipinski definition) is 1. The number of hydrogen-bond acceptors (Lipinski definition) is 2. The molecule has 2 N–H and O–H groups in total. The predicted octanol–water partition coefficient (Wildman–Crippen LogP) is 2.40. The normalized spacial score (nSPS) is 28.9. The van der Waals surface area contributed by atoms with Crippen molar-refractivity contribution in [1.82, 2.24) is 4.90 Å². The summed E-state index contributed by atoms with van der Waals surface area (Å²) in [5.74, 6) is 0.921. The van der Waals surface area contributed by atoms with Gasteiger partial charge in [-0.15, -0.1) is 0 Å². The van der Waals surface area contributed by atoms with Crippen LogP contribution in [0.2, 0.25) is 0 Å². The van der Waals surface area contributed by atoms with E-state index < -0.39 is 0 Å². The molecule has 2 unspecified atom stereocenters. The minimum absolute atomic E-state index is 0.149. The molecule has 2 atom stereocenters. The van der Waals surface area contributed by atoms with E-state index in [9.17, 15) is 4.79 Å². The number of piperidine rings is 1. The van der Waals surface area contributed by atoms with Crippen molar-refractivity contribution in [2.24, 2.45) is 23.0 Å². The number of likely N-dealkylation sites (tertiary alicyclic amines) is 1. The molecule has 1 amide bonds. The molecule has 0 aromatic heterocycles. The first-order valence-electron chi connectivity index (χ1n) is 7.51. The van der Waals surface area contributed by atoms with Crippen molar-refractivity contribution < 1.29 is 4.79 Å². The number of nitrogens with zero attached hydrogens (tertiary/aromatic N) is 1. The van der Waals surface area contributed by atoms with Crippen LogP contribution in [0.4, 0.5) is 0 Å². The Labute approximate surface area is 111 Å². The molecular formula is C15H28N2O. The summed E-state index contributed by atoms with van der Waals surface area (Å²) < 4.78 is 0. The van der Waals surface area contributed by atoms with E-state index in [-0.39, 0.29) is 5.92 Å². The van der Waals surface area contributed by atoms with Gasteiger partial charge in [-0.3, -0.25) is 4.79 Å². The molecule has 0 bridgehead atoms. The molecule has 1 aliphatic heterocycles. The number of rotatable bonds is 2. The topological polar surface area (TPSA) is 46.3 Å². The monoisotopic (exact) mass is 252 g/mol. The van der Waals surface area contributed by atoms with Gasteiger partial charge in [0.05, 0.1) is 0 Å². The standard InChI is InChI=1S/C15H28N2O/c1-11(2)12(3)14(18)17-9-7-15(8-10-17)6-4-5-13(15)16/h11-13H,4-10,16H2,1-3H3. The molecule has 104 valence electrons. The first-order chi connectivity index (χ1) is 8.46. The Morgan fingerprint density at radius 2 is 1.83 bits per heavy atom. The molecule has 0 aromatic carbocycles. The van der Waals surface area contributed by atoms with E-state index in [1.54, 1.807) is 0 Å². The zero-order valence-corrected chi connectivity index (χ0v) is 12.1. The van der Waals surface area contributed by atoms with E-state index >= 15 is 0 Å². The molecule has 18 heavy (non-hydrogen) atoms. The molecule has 1 spiro atoms. The molecule has 2 fully saturated rings. The van der Waals surface area contributed by atoms with Gasteiger partial charge in [-0.05, 0) is 37.0 Å². The van der Waals surface area contributed by atoms with Gasteiger partial charge in [0.15, 0.2) is 0 Å². The van der Waals surface area contributed by atoms with Gasteiger partial charge >= 0.3 is 0 Å². The molecule has 0 aromatic rings. The van der Waals surface area contributed by atoms with Crippen LogP contribution in [0, 0.1) is 17.3 Å². The lowest BCUT2D eigenvalue weighted by Crippen LogP contribution is -2.49. The van der Waals surface area contributed by atoms with E-state index in [0.717, 1.165) is 25.9 Å². The molecular weight excluding hydrogens is 224 g/mol. The van der Waals surface area contributed by atoms with E-state index in [1.165, 1.54) is 19.3 Å². The van der Waals surface area contributed by atoms with Crippen LogP contribution in [0.15, 0.2) is 0 Å². The molecule has 1 saturated heterocycles. The summed E-state index contributed by atoms with van der Waals surface area (Å²) in [5, 5.41) is 0. The molecule has 0 radical (unpaired) electrons. The summed E-state index contributed by atoms with van der Waals surface area (Å²) in [4.78, 5) is 14.4. The van der Waals surface area contributed by atoms with E-state index in [0.29, 0.717) is 23.3 Å². The van der Waals surface area contributed by atoms with Crippen LogP contribution in [0.3, 0.4) is 0 Å². The van der Waals surface area contributed by atoms with Crippen molar-refractivity contribution in [2.45, 2.75) is 58.9 Å². The number of carbonyl (C=O) groups excluding carboxylic acids is 1. The Bertz CT molecular complexity index is 306. The minimum Gasteiger partial charge on any atom is -0.342 e. The van der Waals surface area contributed by atoms with Crippen molar-refractivity contribution in [3.8, 4) is 0 Å². The van der Waals surface area contributed by atoms with Crippen LogP contribution in [0.1, 0.15) is 52.9 Å². The second-order valence-electron chi connectivity index (χ2n) is 6.72. The predicted molar refractivity (Wildman–Crippen MR) is 74.1 cm³/mol. The summed E-state index contributed by atoms with van der Waals surface area (Å²) in [6, 6.07) is 0.372. The van der Waals surface area contributed by atoms with Gasteiger partial charge in [-0.25, -0.2) is 0 Å². The highest BCUT2D eigenvalue weighted by atomic mass is 16.2. The molecule has 2 rings (SSSR count). The van der Waals surface area contributed by atoms with E-state index in [4.69, 9.17) is 5.73 Å². The van der Waals surface area contributed by atoms with Gasteiger partial charge in [0.25, 0.3) is 0 Å². The zero-order valence-electron chi connectivity index (χ0n) is 12.1. The van der Waals surface area contributed by atoms with Crippen LogP contribution in [-0.2, 0) is 4.79 Å². The zero-order chi connectivity index (χ0) is 13.3. The lowest BCUT2D eigenvalue weighted by atomic mass is 9.74. The Morgan fingerprint density at radius 3 is 2.28 bits per heavy atom. The molecule has 1 aliphatic carbocycles. The van der Waals surface area contributed by atoms with Crippen molar-refractivity contribution in [3.05, 3.63) is 0 Å². The number of amides is 1. The van der Waals surface area contributed by atoms with Crippen molar-refractivity contribution in [1.29, 1.82) is 0 Å². The minimum atomic E-state index is 0.149. The fourth-order valence-corrected chi connectivity index (χ4v) is 3.53. The maximum atomic E-state index is 12.3. The summed E-state index contributed by atoms with van der Waals surface area (Å²) in [6.07, 6.45) is 5.96. The Hall–Kier alpha value is -0.570. The van der Waals surface area contributed by atoms with Crippen LogP contribution in [-0.4, -0.2) is 29.9 Å². The molecule has 3 nitrogen and oxygen atoms in total. The maximum absolute atomic E-state index is 12.3. The van der Waals surface area contributed by atoms with Gasteiger partial charge in [0, 0.05) is 25.0 Å². The van der Waals surface area contributed by atoms with Crippen LogP contribution in [0.25, 0.3) is 0 Å². The fraction of sp³-hybridized carbons (Fsp3) is 0.933. The second kappa shape index (κ2) is 5.20. The highest BCUT2D eigenvalue weighted by Gasteiger charge is 2.43. The van der Waals surface area contributed by atoms with Crippen LogP contribution in [0.5, 0.6) is 0 Å². The average Bonchev–Trinajstić information content (AvgIpc) is 2.70. The van der Waals surface area contributed by atoms with Gasteiger partial charge in [-0.2, -0.15) is 0 Å². The lowest BCUT2D eigenvalue weighted by molar-refractivity contribution is -0.138. The van der Waals surface area contributed by atoms with E-state index in [1.807, 2.05) is 0 Å². The summed E-state index contributed by atoms with van der Waals surface area (Å²) in [5.41, 5.74) is 6.63. The SMILES string of the molecule is CC(C)C(C)C(=O)N1CCC2(CCCC2N)CC1. The molecule has 3 heteroatoms. The average molecular weight is 252 g/mol. The first kappa shape index (κ1) is 13.9. The highest BCUT2D eigenvalue weighted by Crippen LogP contribution is 2.45. The lowest BCUT2D eigenvalue weighted by Gasteiger charge is -2.43. The van der Waals surface area contributed by atoms with Gasteiger partial charge in [0.2, 0.25) is 5.91 Å². The molecule has 2 aliphatic rings. The third kappa shape index (κ3) is 2.42. The Morgan fingerprint density at radius 1 is 1.22 bits per heavy atom. The van der Waals surface area contributed by atoms with Crippen molar-refractivity contribution >= 4 is 5.91 Å². The number of carbonyl (C=O) groups is 1. The van der Waals surface area contributed by atoms with Crippen LogP contribution >= 0.6 is 0 Å². The largest absolute Gasteiger partial charge is 0.342 e. The first-order valence-corrected chi connectivity index (χ1v) is 7.51. The quantitative estimate of drug-likeness (QED) is 0.820. The maximum Gasteiger partial charge on any atom is 0.225 e. The highest BCUT2D eigenvalue weighted by molar-refractivity contribution is 5.78. The van der Waals surface area contributed by atoms with E-state index in [2.05, 4.69) is 25.7 Å². The second-order valence-corrected chi connectivity index (χ2v) is 6.72. The number of nitrogens with two attached hydrogens (primary N) is 1. The Kier molecular flexibility index (Phi) is 4.00. The van der Waals surface area contributed by atoms with Crippen molar-refractivity contribution in [3.63, 3.8) is 0 Å². The third-order valence-corrected chi connectivity index (χ3v) is 5.44. The molecule has 1 heterocycles. The summed E-state index contributed by atoms with van der Waals surface area (Å²) in [6.45, 7) is 8.15. The third-order valence-electron chi connectivity index (χ3n) is 5.44. The van der Waals surface area contributed by atoms with Gasteiger partial charge in [0.1, 0.15) is 0 Å². The van der Waals surface area contributed by atoms with Crippen LogP contribution < -0.4 is 5.73 Å². The van der Waals surface area contributed by atoms with Crippen molar-refractivity contribution in [2.75, 3.05) is 13.1 Å². The van der Waals surface area contributed by atoms with Gasteiger partial charge in [-0.1, -0.05) is 27.2 Å². The fourth-order valence-electron chi connectivity index (χ4n) is 3.53. The smallest absolute Gasteiger partial charge is 0.225 e. The molecule has 1 saturated carbocycles. The summed E-state index contributed by atoms with van der Waals surface area (Å²) in [7, 11) is 0. The summed E-state index contributed by atoms with van der Waals surface area (Å²) >= 11 is 0. The Balaban J connectivity index is 1.92. The van der Waals surface area contributed by atoms with Gasteiger partial charge < -0.3 is 10.6 Å².